The molecule has 0 aromatic rings. The van der Waals surface area contributed by atoms with Crippen LogP contribution in [-0.4, -0.2) is 42.8 Å². The highest BCUT2D eigenvalue weighted by molar-refractivity contribution is 5.81. The van der Waals surface area contributed by atoms with Gasteiger partial charge in [0.1, 0.15) is 5.78 Å². The van der Waals surface area contributed by atoms with Gasteiger partial charge in [0.2, 0.25) is 5.91 Å². The Balaban J connectivity index is 2.21. The predicted octanol–water partition coefficient (Wildman–Crippen LogP) is -0.599. The highest BCUT2D eigenvalue weighted by atomic mass is 16.2. The smallest absolute Gasteiger partial charge is 0.234 e. The van der Waals surface area contributed by atoms with E-state index in [9.17, 15) is 9.59 Å². The number of hydrogen-bond donors (Lipinski definition) is 1. The quantitative estimate of drug-likeness (QED) is 0.610. The lowest BCUT2D eigenvalue weighted by Crippen LogP contribution is -2.41. The van der Waals surface area contributed by atoms with Gasteiger partial charge in [0.05, 0.1) is 13.1 Å². The number of nitrogens with one attached hydrogen (secondary N) is 1. The number of carbonyl (C=O) groups excluding carboxylic acids is 2. The van der Waals surface area contributed by atoms with Gasteiger partial charge >= 0.3 is 0 Å². The Morgan fingerprint density at radius 1 is 1.50 bits per heavy atom. The molecule has 0 aliphatic carbocycles. The second-order valence-corrected chi connectivity index (χ2v) is 3.30. The molecule has 0 saturated carbocycles. The lowest BCUT2D eigenvalue weighted by atomic mass is 10.1. The molecule has 0 aromatic carbocycles. The molecule has 14 heavy (non-hydrogen) atoms. The van der Waals surface area contributed by atoms with Gasteiger partial charge < -0.3 is 5.32 Å². The van der Waals surface area contributed by atoms with Crippen molar-refractivity contribution in [3.05, 3.63) is 0 Å². The number of Topliss-reactive ketones (excluding diaryl/α,β-unsaturated/α-hetero) is 1. The summed E-state index contributed by atoms with van der Waals surface area (Å²) in [7, 11) is 0. The second kappa shape index (κ2) is 5.40. The topological polar surface area (TPSA) is 49.4 Å². The summed E-state index contributed by atoms with van der Waals surface area (Å²) in [5.41, 5.74) is 0. The number of amides is 1. The van der Waals surface area contributed by atoms with Crippen LogP contribution in [0.15, 0.2) is 0 Å². The van der Waals surface area contributed by atoms with E-state index in [0.29, 0.717) is 32.5 Å². The van der Waals surface area contributed by atoms with E-state index in [0.717, 1.165) is 0 Å². The molecule has 1 aliphatic rings. The minimum atomic E-state index is -0.0719. The third-order valence-electron chi connectivity index (χ3n) is 2.17. The molecule has 4 nitrogen and oxygen atoms in total. The van der Waals surface area contributed by atoms with Crippen LogP contribution in [0.4, 0.5) is 0 Å². The average molecular weight is 194 g/mol. The van der Waals surface area contributed by atoms with Crippen molar-refractivity contribution in [1.82, 2.24) is 10.2 Å². The fraction of sp³-hybridized carbons (Fsp3) is 0.600. The molecule has 1 saturated heterocycles. The molecule has 0 unspecified atom stereocenters. The summed E-state index contributed by atoms with van der Waals surface area (Å²) in [6.45, 7) is 1.98. The molecule has 4 heteroatoms. The molecule has 0 aromatic heterocycles. The second-order valence-electron chi connectivity index (χ2n) is 3.30. The van der Waals surface area contributed by atoms with E-state index >= 15 is 0 Å². The van der Waals surface area contributed by atoms with E-state index in [1.807, 2.05) is 4.90 Å². The van der Waals surface area contributed by atoms with Gasteiger partial charge in [-0.15, -0.1) is 6.42 Å². The Hall–Kier alpha value is -1.34. The third-order valence-corrected chi connectivity index (χ3v) is 2.17. The summed E-state index contributed by atoms with van der Waals surface area (Å²) >= 11 is 0. The average Bonchev–Trinajstić information content (AvgIpc) is 2.18. The number of hydrogen-bond acceptors (Lipinski definition) is 3. The monoisotopic (exact) mass is 194 g/mol. The molecule has 0 spiro atoms. The summed E-state index contributed by atoms with van der Waals surface area (Å²) in [4.78, 5) is 24.1. The number of likely N-dealkylation sites (tertiary alicyclic amines) is 1. The van der Waals surface area contributed by atoms with E-state index < -0.39 is 0 Å². The zero-order chi connectivity index (χ0) is 10.4. The predicted molar refractivity (Wildman–Crippen MR) is 52.5 cm³/mol. The van der Waals surface area contributed by atoms with Crippen LogP contribution >= 0.6 is 0 Å². The first-order chi connectivity index (χ1) is 6.72. The van der Waals surface area contributed by atoms with Crippen molar-refractivity contribution >= 4 is 11.7 Å². The Morgan fingerprint density at radius 2 is 2.14 bits per heavy atom. The Morgan fingerprint density at radius 3 is 2.71 bits per heavy atom. The number of terminal acetylenes is 1. The summed E-state index contributed by atoms with van der Waals surface area (Å²) in [6, 6.07) is 0. The van der Waals surface area contributed by atoms with E-state index in [1.54, 1.807) is 0 Å². The molecule has 76 valence electrons. The molecule has 0 bridgehead atoms. The van der Waals surface area contributed by atoms with Crippen LogP contribution in [0.5, 0.6) is 0 Å². The van der Waals surface area contributed by atoms with Crippen molar-refractivity contribution in [2.45, 2.75) is 12.8 Å². The highest BCUT2D eigenvalue weighted by Crippen LogP contribution is 2.04. The number of rotatable bonds is 3. The van der Waals surface area contributed by atoms with Crippen LogP contribution in [0, 0.1) is 12.3 Å². The fourth-order valence-electron chi connectivity index (χ4n) is 1.37. The molecular weight excluding hydrogens is 180 g/mol. The van der Waals surface area contributed by atoms with Gasteiger partial charge in [-0.05, 0) is 0 Å². The first-order valence-corrected chi connectivity index (χ1v) is 4.66. The first-order valence-electron chi connectivity index (χ1n) is 4.66. The summed E-state index contributed by atoms with van der Waals surface area (Å²) < 4.78 is 0. The van der Waals surface area contributed by atoms with E-state index in [-0.39, 0.29) is 18.2 Å². The third kappa shape index (κ3) is 3.58. The Labute approximate surface area is 83.6 Å². The summed E-state index contributed by atoms with van der Waals surface area (Å²) in [5.74, 6) is 2.55. The van der Waals surface area contributed by atoms with E-state index in [1.165, 1.54) is 0 Å². The van der Waals surface area contributed by atoms with Crippen LogP contribution in [0.3, 0.4) is 0 Å². The Bertz CT molecular complexity index is 258. The number of ketones is 1. The maximum Gasteiger partial charge on any atom is 0.234 e. The molecule has 1 fully saturated rings. The van der Waals surface area contributed by atoms with Gasteiger partial charge in [0.25, 0.3) is 0 Å². The van der Waals surface area contributed by atoms with Gasteiger partial charge in [-0.2, -0.15) is 0 Å². The van der Waals surface area contributed by atoms with Crippen LogP contribution in [0.2, 0.25) is 0 Å². The summed E-state index contributed by atoms with van der Waals surface area (Å²) in [6.07, 6.45) is 6.12. The van der Waals surface area contributed by atoms with Crippen molar-refractivity contribution in [3.63, 3.8) is 0 Å². The minimum absolute atomic E-state index is 0.0719. The largest absolute Gasteiger partial charge is 0.344 e. The van der Waals surface area contributed by atoms with E-state index in [4.69, 9.17) is 6.42 Å². The van der Waals surface area contributed by atoms with Crippen LogP contribution in [0.25, 0.3) is 0 Å². The van der Waals surface area contributed by atoms with Gasteiger partial charge in [0, 0.05) is 25.9 Å². The maximum absolute atomic E-state index is 11.2. The molecule has 1 rings (SSSR count). The zero-order valence-electron chi connectivity index (χ0n) is 8.08. The SMILES string of the molecule is C#CCNC(=O)CN1CCC(=O)CC1. The van der Waals surface area contributed by atoms with Crippen molar-refractivity contribution in [2.75, 3.05) is 26.2 Å². The number of nitrogens with zero attached hydrogens (tertiary/aromatic N) is 1. The lowest BCUT2D eigenvalue weighted by molar-refractivity contribution is -0.126. The molecule has 1 heterocycles. The highest BCUT2D eigenvalue weighted by Gasteiger charge is 2.17. The van der Waals surface area contributed by atoms with Crippen molar-refractivity contribution in [2.24, 2.45) is 0 Å². The molecule has 1 N–H and O–H groups in total. The number of piperidine rings is 1. The maximum atomic E-state index is 11.2. The minimum Gasteiger partial charge on any atom is -0.344 e. The fourth-order valence-corrected chi connectivity index (χ4v) is 1.37. The normalized spacial score (nSPS) is 17.5. The van der Waals surface area contributed by atoms with Crippen LogP contribution < -0.4 is 5.32 Å². The van der Waals surface area contributed by atoms with Gasteiger partial charge in [-0.3, -0.25) is 14.5 Å². The number of carbonyl (C=O) groups is 2. The molecule has 1 amide bonds. The van der Waals surface area contributed by atoms with Gasteiger partial charge in [0.15, 0.2) is 0 Å². The Kier molecular flexibility index (Phi) is 4.14. The van der Waals surface area contributed by atoms with Crippen molar-refractivity contribution in [1.29, 1.82) is 0 Å². The molecule has 0 atom stereocenters. The standard InChI is InChI=1S/C10H14N2O2/c1-2-5-11-10(14)8-12-6-3-9(13)4-7-12/h1H,3-8H2,(H,11,14). The van der Waals surface area contributed by atoms with Crippen molar-refractivity contribution < 1.29 is 9.59 Å². The lowest BCUT2D eigenvalue weighted by Gasteiger charge is -2.24. The van der Waals surface area contributed by atoms with Crippen LogP contribution in [0.1, 0.15) is 12.8 Å². The zero-order valence-corrected chi connectivity index (χ0v) is 8.08. The van der Waals surface area contributed by atoms with Crippen LogP contribution in [-0.2, 0) is 9.59 Å². The molecular formula is C10H14N2O2. The summed E-state index contributed by atoms with van der Waals surface area (Å²) in [5, 5.41) is 2.59. The van der Waals surface area contributed by atoms with Gasteiger partial charge in [-0.1, -0.05) is 5.92 Å². The van der Waals surface area contributed by atoms with Gasteiger partial charge in [-0.25, -0.2) is 0 Å². The van der Waals surface area contributed by atoms with Crippen molar-refractivity contribution in [3.8, 4) is 12.3 Å². The molecule has 0 radical (unpaired) electrons. The van der Waals surface area contributed by atoms with E-state index in [2.05, 4.69) is 11.2 Å². The first kappa shape index (κ1) is 10.7. The molecule has 1 aliphatic heterocycles.